The first kappa shape index (κ1) is 17.3. The van der Waals surface area contributed by atoms with Crippen LogP contribution in [0.3, 0.4) is 0 Å². The maximum Gasteiger partial charge on any atom is 0.249 e. The molecule has 1 aliphatic rings. The van der Waals surface area contributed by atoms with Crippen molar-refractivity contribution in [3.8, 4) is 22.9 Å². The van der Waals surface area contributed by atoms with Gasteiger partial charge >= 0.3 is 0 Å². The molecule has 2 N–H and O–H groups in total. The first-order chi connectivity index (χ1) is 14.3. The van der Waals surface area contributed by atoms with Crippen LogP contribution in [0.1, 0.15) is 12.1 Å². The normalized spacial score (nSPS) is 15.7. The molecule has 0 fully saturated rings. The number of hydrogen-bond donors (Lipinski definition) is 2. The second-order valence-electron chi connectivity index (χ2n) is 6.99. The molecule has 0 bridgehead atoms. The van der Waals surface area contributed by atoms with Crippen LogP contribution in [-0.2, 0) is 17.8 Å². The Kier molecular flexibility index (Phi) is 4.36. The number of carbonyl (C=O) groups excluding carboxylic acids is 1. The average molecular weight is 385 g/mol. The molecule has 0 saturated heterocycles. The number of H-pyrrole nitrogens is 1. The molecule has 29 heavy (non-hydrogen) atoms. The number of nitrogens with zero attached hydrogens (tertiary/aromatic N) is 5. The smallest absolute Gasteiger partial charge is 0.249 e. The Morgan fingerprint density at radius 2 is 1.97 bits per heavy atom. The number of nitrogens with one attached hydrogen (secondary N) is 2. The summed E-state index contributed by atoms with van der Waals surface area (Å²) in [5, 5.41) is 9.73. The van der Waals surface area contributed by atoms with E-state index in [0.717, 1.165) is 30.0 Å². The average Bonchev–Trinajstić information content (AvgIpc) is 3.41. The lowest BCUT2D eigenvalue weighted by molar-refractivity contribution is -0.120. The molecule has 1 atom stereocenters. The molecule has 3 aromatic heterocycles. The Balaban J connectivity index is 1.28. The van der Waals surface area contributed by atoms with E-state index < -0.39 is 0 Å². The predicted molar refractivity (Wildman–Crippen MR) is 108 cm³/mol. The quantitative estimate of drug-likeness (QED) is 0.562. The van der Waals surface area contributed by atoms with E-state index in [9.17, 15) is 4.79 Å². The van der Waals surface area contributed by atoms with Gasteiger partial charge < -0.3 is 4.57 Å². The van der Waals surface area contributed by atoms with E-state index in [1.165, 1.54) is 0 Å². The lowest BCUT2D eigenvalue weighted by Crippen LogP contribution is -2.30. The molecular formula is C21H19N7O. The van der Waals surface area contributed by atoms with Crippen LogP contribution in [0.25, 0.3) is 22.9 Å². The van der Waals surface area contributed by atoms with Crippen molar-refractivity contribution in [1.29, 1.82) is 0 Å². The lowest BCUT2D eigenvalue weighted by atomic mass is 9.95. The zero-order valence-corrected chi connectivity index (χ0v) is 15.6. The first-order valence-electron chi connectivity index (χ1n) is 9.52. The highest BCUT2D eigenvalue weighted by molar-refractivity contribution is 5.91. The summed E-state index contributed by atoms with van der Waals surface area (Å²) in [6, 6.07) is 15.6. The molecule has 1 amide bonds. The second-order valence-corrected chi connectivity index (χ2v) is 6.99. The summed E-state index contributed by atoms with van der Waals surface area (Å²) >= 11 is 0. The first-order valence-corrected chi connectivity index (χ1v) is 9.52. The van der Waals surface area contributed by atoms with Crippen LogP contribution >= 0.6 is 0 Å². The summed E-state index contributed by atoms with van der Waals surface area (Å²) in [6.45, 7) is 0.755. The van der Waals surface area contributed by atoms with Crippen LogP contribution in [0.2, 0.25) is 0 Å². The van der Waals surface area contributed by atoms with Crippen LogP contribution in [0.4, 0.5) is 5.95 Å². The van der Waals surface area contributed by atoms with E-state index >= 15 is 0 Å². The standard InChI is InChI=1S/C21H19N7O/c29-20(25-21-24-18(26-27-21)17-8-4-5-10-22-17)15-9-11-28-16(12-15)13-23-19(28)14-6-2-1-3-7-14/h1-8,10,13,15H,9,11-12H2,(H2,24,25,26,27,29)/t15-/m0/s1. The van der Waals surface area contributed by atoms with Crippen molar-refractivity contribution in [3.05, 3.63) is 66.6 Å². The Bertz CT molecular complexity index is 1130. The number of aromatic amines is 1. The third-order valence-electron chi connectivity index (χ3n) is 5.13. The molecule has 4 aromatic rings. The van der Waals surface area contributed by atoms with Crippen LogP contribution in [-0.4, -0.2) is 35.6 Å². The predicted octanol–water partition coefficient (Wildman–Crippen LogP) is 2.93. The van der Waals surface area contributed by atoms with E-state index in [1.807, 2.05) is 42.6 Å². The summed E-state index contributed by atoms with van der Waals surface area (Å²) in [5.41, 5.74) is 2.83. The summed E-state index contributed by atoms with van der Waals surface area (Å²) in [7, 11) is 0. The van der Waals surface area contributed by atoms with Gasteiger partial charge in [0.2, 0.25) is 11.9 Å². The molecule has 0 spiro atoms. The summed E-state index contributed by atoms with van der Waals surface area (Å²) in [6.07, 6.45) is 4.94. The fraction of sp³-hybridized carbons (Fsp3) is 0.190. The number of pyridine rings is 1. The highest BCUT2D eigenvalue weighted by atomic mass is 16.2. The van der Waals surface area contributed by atoms with E-state index in [0.29, 0.717) is 17.9 Å². The molecule has 0 aliphatic carbocycles. The SMILES string of the molecule is O=C(Nc1n[nH]c(-c2ccccn2)n1)[C@H]1CCn2c(cnc2-c2ccccc2)C1. The lowest BCUT2D eigenvalue weighted by Gasteiger charge is -2.23. The van der Waals surface area contributed by atoms with Gasteiger partial charge in [0.25, 0.3) is 0 Å². The fourth-order valence-electron chi connectivity index (χ4n) is 3.65. The van der Waals surface area contributed by atoms with Crippen LogP contribution in [0.15, 0.2) is 60.9 Å². The van der Waals surface area contributed by atoms with Crippen molar-refractivity contribution in [1.82, 2.24) is 29.7 Å². The van der Waals surface area contributed by atoms with Crippen molar-refractivity contribution in [2.45, 2.75) is 19.4 Å². The molecule has 8 nitrogen and oxygen atoms in total. The van der Waals surface area contributed by atoms with Gasteiger partial charge in [0.05, 0.1) is 0 Å². The number of carbonyl (C=O) groups is 1. The zero-order chi connectivity index (χ0) is 19.6. The number of anilines is 1. The van der Waals surface area contributed by atoms with Gasteiger partial charge in [0.1, 0.15) is 11.5 Å². The van der Waals surface area contributed by atoms with E-state index in [2.05, 4.69) is 47.2 Å². The molecule has 144 valence electrons. The van der Waals surface area contributed by atoms with Gasteiger partial charge in [0, 0.05) is 42.5 Å². The molecule has 0 unspecified atom stereocenters. The van der Waals surface area contributed by atoms with Gasteiger partial charge in [-0.2, -0.15) is 4.98 Å². The van der Waals surface area contributed by atoms with Gasteiger partial charge in [-0.05, 0) is 18.6 Å². The number of amides is 1. The summed E-state index contributed by atoms with van der Waals surface area (Å²) in [5.74, 6) is 1.52. The van der Waals surface area contributed by atoms with Crippen molar-refractivity contribution in [3.63, 3.8) is 0 Å². The summed E-state index contributed by atoms with van der Waals surface area (Å²) < 4.78 is 2.20. The van der Waals surface area contributed by atoms with Crippen molar-refractivity contribution in [2.24, 2.45) is 5.92 Å². The second kappa shape index (κ2) is 7.31. The van der Waals surface area contributed by atoms with Gasteiger partial charge in [-0.25, -0.2) is 4.98 Å². The molecular weight excluding hydrogens is 366 g/mol. The molecule has 5 rings (SSSR count). The third kappa shape index (κ3) is 3.40. The van der Waals surface area contributed by atoms with Crippen molar-refractivity contribution < 1.29 is 4.79 Å². The number of fused-ring (bicyclic) bond motifs is 1. The molecule has 0 radical (unpaired) electrons. The molecule has 8 heteroatoms. The van der Waals surface area contributed by atoms with Gasteiger partial charge in [-0.1, -0.05) is 36.4 Å². The van der Waals surface area contributed by atoms with Gasteiger partial charge in [0.15, 0.2) is 5.82 Å². The highest BCUT2D eigenvalue weighted by Crippen LogP contribution is 2.27. The molecule has 1 aliphatic heterocycles. The van der Waals surface area contributed by atoms with E-state index in [4.69, 9.17) is 0 Å². The Morgan fingerprint density at radius 3 is 2.79 bits per heavy atom. The number of imidazole rings is 1. The number of rotatable bonds is 4. The number of benzene rings is 1. The van der Waals surface area contributed by atoms with Crippen LogP contribution < -0.4 is 5.32 Å². The zero-order valence-electron chi connectivity index (χ0n) is 15.6. The van der Waals surface area contributed by atoms with Gasteiger partial charge in [-0.3, -0.25) is 20.2 Å². The number of aromatic nitrogens is 6. The minimum atomic E-state index is -0.139. The minimum Gasteiger partial charge on any atom is -0.328 e. The van der Waals surface area contributed by atoms with E-state index in [1.54, 1.807) is 6.20 Å². The number of hydrogen-bond acceptors (Lipinski definition) is 5. The van der Waals surface area contributed by atoms with Crippen molar-refractivity contribution in [2.75, 3.05) is 5.32 Å². The topological polar surface area (TPSA) is 101 Å². The monoisotopic (exact) mass is 385 g/mol. The largest absolute Gasteiger partial charge is 0.328 e. The van der Waals surface area contributed by atoms with Crippen LogP contribution in [0, 0.1) is 5.92 Å². The van der Waals surface area contributed by atoms with E-state index in [-0.39, 0.29) is 17.8 Å². The van der Waals surface area contributed by atoms with Crippen LogP contribution in [0.5, 0.6) is 0 Å². The molecule has 4 heterocycles. The van der Waals surface area contributed by atoms with Gasteiger partial charge in [-0.15, -0.1) is 5.10 Å². The maximum absolute atomic E-state index is 12.7. The Hall–Kier alpha value is -3.81. The Labute approximate surface area is 167 Å². The van der Waals surface area contributed by atoms with Crippen molar-refractivity contribution >= 4 is 11.9 Å². The molecule has 1 aromatic carbocycles. The Morgan fingerprint density at radius 1 is 1.10 bits per heavy atom. The summed E-state index contributed by atoms with van der Waals surface area (Å²) in [4.78, 5) is 25.9. The fourth-order valence-corrected chi connectivity index (χ4v) is 3.65. The minimum absolute atomic E-state index is 0.0784. The maximum atomic E-state index is 12.7. The highest BCUT2D eigenvalue weighted by Gasteiger charge is 2.27. The molecule has 0 saturated carbocycles. The third-order valence-corrected chi connectivity index (χ3v) is 5.13.